The highest BCUT2D eigenvalue weighted by atomic mass is 32.2. The maximum Gasteiger partial charge on any atom is 0.281 e. The zero-order valence-electron chi connectivity index (χ0n) is 23.8. The molecule has 1 saturated heterocycles. The van der Waals surface area contributed by atoms with Crippen LogP contribution in [0.15, 0.2) is 35.2 Å². The second-order valence-corrected chi connectivity index (χ2v) is 13.7. The van der Waals surface area contributed by atoms with Gasteiger partial charge in [0, 0.05) is 42.2 Å². The zero-order chi connectivity index (χ0) is 29.5. The van der Waals surface area contributed by atoms with Crippen LogP contribution >= 0.6 is 11.3 Å². The molecule has 1 fully saturated rings. The number of carbonyl (C=O) groups is 3. The summed E-state index contributed by atoms with van der Waals surface area (Å²) in [5.41, 5.74) is 2.85. The van der Waals surface area contributed by atoms with Gasteiger partial charge in [-0.15, -0.1) is 11.3 Å². The molecule has 0 radical (unpaired) electrons. The summed E-state index contributed by atoms with van der Waals surface area (Å²) in [6.45, 7) is 8.47. The van der Waals surface area contributed by atoms with Crippen LogP contribution in [0.2, 0.25) is 0 Å². The van der Waals surface area contributed by atoms with Crippen LogP contribution in [0.4, 0.5) is 5.00 Å². The average molecular weight is 598 g/mol. The van der Waals surface area contributed by atoms with Gasteiger partial charge in [-0.2, -0.15) is 9.40 Å². The number of sulfonamides is 1. The molecule has 2 amide bonds. The predicted molar refractivity (Wildman–Crippen MR) is 157 cm³/mol. The number of hydrogen-bond donors (Lipinski definition) is 1. The Morgan fingerprint density at radius 2 is 1.83 bits per heavy atom. The average Bonchev–Trinajstić information content (AvgIpc) is 3.50. The van der Waals surface area contributed by atoms with E-state index in [2.05, 4.69) is 10.4 Å². The lowest BCUT2D eigenvalue weighted by molar-refractivity contribution is -0.129. The molecule has 41 heavy (non-hydrogen) atoms. The molecule has 5 rings (SSSR count). The maximum atomic E-state index is 13.7. The van der Waals surface area contributed by atoms with Crippen molar-refractivity contribution in [2.24, 2.45) is 0 Å². The molecule has 3 aromatic rings. The standard InChI is InChI=1S/C29H35N5O5S2/c1-5-22-8-6-7-14-33(22)41(38,39)23-11-9-21(10-12-23)27(36)30-28-26(29(37)34-19(3)16-18(2)31-34)24-13-15-32(20(4)35)17-25(24)40-28/h9-12,16,22H,5-8,13-15,17H2,1-4H3,(H,30,36). The van der Waals surface area contributed by atoms with Crippen LogP contribution < -0.4 is 5.32 Å². The number of fused-ring (bicyclic) bond motifs is 1. The van der Waals surface area contributed by atoms with Crippen LogP contribution in [-0.4, -0.2) is 64.3 Å². The number of piperidine rings is 1. The van der Waals surface area contributed by atoms with Gasteiger partial charge in [0.25, 0.3) is 11.8 Å². The largest absolute Gasteiger partial charge is 0.337 e. The molecule has 0 saturated carbocycles. The van der Waals surface area contributed by atoms with Gasteiger partial charge in [0.2, 0.25) is 15.9 Å². The van der Waals surface area contributed by atoms with Crippen molar-refractivity contribution >= 4 is 44.1 Å². The number of amides is 2. The van der Waals surface area contributed by atoms with Crippen LogP contribution in [0.1, 0.15) is 82.1 Å². The molecule has 0 aliphatic carbocycles. The summed E-state index contributed by atoms with van der Waals surface area (Å²) in [4.78, 5) is 41.9. The molecule has 2 aliphatic heterocycles. The van der Waals surface area contributed by atoms with Gasteiger partial charge in [-0.05, 0) is 75.4 Å². The van der Waals surface area contributed by atoms with E-state index in [1.807, 2.05) is 19.9 Å². The first kappa shape index (κ1) is 29.2. The molecule has 1 aromatic carbocycles. The summed E-state index contributed by atoms with van der Waals surface area (Å²) in [6, 6.07) is 7.74. The van der Waals surface area contributed by atoms with Gasteiger partial charge < -0.3 is 10.2 Å². The van der Waals surface area contributed by atoms with Gasteiger partial charge in [0.1, 0.15) is 5.00 Å². The Kier molecular flexibility index (Phi) is 8.18. The van der Waals surface area contributed by atoms with Crippen molar-refractivity contribution < 1.29 is 22.8 Å². The molecular weight excluding hydrogens is 562 g/mol. The van der Waals surface area contributed by atoms with E-state index in [0.29, 0.717) is 48.0 Å². The van der Waals surface area contributed by atoms with E-state index in [-0.39, 0.29) is 28.3 Å². The van der Waals surface area contributed by atoms with Crippen LogP contribution in [0.3, 0.4) is 0 Å². The van der Waals surface area contributed by atoms with Crippen molar-refractivity contribution in [3.8, 4) is 0 Å². The second-order valence-electron chi connectivity index (χ2n) is 10.7. The van der Waals surface area contributed by atoms with E-state index in [1.54, 1.807) is 16.1 Å². The minimum Gasteiger partial charge on any atom is -0.337 e. The van der Waals surface area contributed by atoms with Crippen LogP contribution in [0, 0.1) is 13.8 Å². The summed E-state index contributed by atoms with van der Waals surface area (Å²) in [7, 11) is -3.67. The first-order chi connectivity index (χ1) is 19.5. The summed E-state index contributed by atoms with van der Waals surface area (Å²) < 4.78 is 29.6. The molecule has 4 heterocycles. The van der Waals surface area contributed by atoms with E-state index in [9.17, 15) is 22.8 Å². The van der Waals surface area contributed by atoms with Crippen molar-refractivity contribution in [3.63, 3.8) is 0 Å². The quantitative estimate of drug-likeness (QED) is 0.451. The number of benzene rings is 1. The van der Waals surface area contributed by atoms with E-state index in [4.69, 9.17) is 0 Å². The van der Waals surface area contributed by atoms with Gasteiger partial charge in [0.05, 0.1) is 22.7 Å². The molecule has 1 N–H and O–H groups in total. The van der Waals surface area contributed by atoms with Crippen molar-refractivity contribution in [1.82, 2.24) is 19.0 Å². The van der Waals surface area contributed by atoms with Crippen molar-refractivity contribution in [2.75, 3.05) is 18.4 Å². The zero-order valence-corrected chi connectivity index (χ0v) is 25.4. The fraction of sp³-hybridized carbons (Fsp3) is 0.448. The van der Waals surface area contributed by atoms with Gasteiger partial charge in [0.15, 0.2) is 0 Å². The lowest BCUT2D eigenvalue weighted by atomic mass is 10.0. The molecule has 1 unspecified atom stereocenters. The molecule has 1 atom stereocenters. The van der Waals surface area contributed by atoms with Gasteiger partial charge >= 0.3 is 0 Å². The summed E-state index contributed by atoms with van der Waals surface area (Å²) >= 11 is 1.28. The molecule has 10 nitrogen and oxygen atoms in total. The lowest BCUT2D eigenvalue weighted by Crippen LogP contribution is -2.43. The number of hydrogen-bond acceptors (Lipinski definition) is 7. The molecule has 218 valence electrons. The molecule has 0 bridgehead atoms. The fourth-order valence-corrected chi connectivity index (χ4v) is 8.73. The normalized spacial score (nSPS) is 17.8. The van der Waals surface area contributed by atoms with E-state index >= 15 is 0 Å². The predicted octanol–water partition coefficient (Wildman–Crippen LogP) is 4.36. The topological polar surface area (TPSA) is 122 Å². The third-order valence-electron chi connectivity index (χ3n) is 7.91. The third-order valence-corrected chi connectivity index (χ3v) is 11.0. The van der Waals surface area contributed by atoms with E-state index in [1.165, 1.54) is 47.2 Å². The maximum absolute atomic E-state index is 13.7. The highest BCUT2D eigenvalue weighted by Gasteiger charge is 2.33. The third kappa shape index (κ3) is 5.60. The van der Waals surface area contributed by atoms with Gasteiger partial charge in [-0.1, -0.05) is 13.3 Å². The molecular formula is C29H35N5O5S2. The Balaban J connectivity index is 1.43. The van der Waals surface area contributed by atoms with Crippen molar-refractivity contribution in [3.05, 3.63) is 63.3 Å². The Morgan fingerprint density at radius 3 is 2.46 bits per heavy atom. The SMILES string of the molecule is CCC1CCCCN1S(=O)(=O)c1ccc(C(=O)Nc2sc3c(c2C(=O)n2nc(C)cc2C)CCN(C(C)=O)C3)cc1. The lowest BCUT2D eigenvalue weighted by Gasteiger charge is -2.34. The summed E-state index contributed by atoms with van der Waals surface area (Å²) in [5.74, 6) is -0.846. The number of rotatable bonds is 6. The van der Waals surface area contributed by atoms with Crippen LogP contribution in [0.25, 0.3) is 0 Å². The number of nitrogens with one attached hydrogen (secondary N) is 1. The smallest absolute Gasteiger partial charge is 0.281 e. The number of aryl methyl sites for hydroxylation is 2. The minimum absolute atomic E-state index is 0.0151. The first-order valence-corrected chi connectivity index (χ1v) is 16.2. The second kappa shape index (κ2) is 11.5. The van der Waals surface area contributed by atoms with Crippen LogP contribution in [0.5, 0.6) is 0 Å². The number of carbonyl (C=O) groups excluding carboxylic acids is 3. The highest BCUT2D eigenvalue weighted by molar-refractivity contribution is 7.89. The van der Waals surface area contributed by atoms with Crippen LogP contribution in [-0.2, 0) is 27.8 Å². The molecule has 2 aliphatic rings. The summed E-state index contributed by atoms with van der Waals surface area (Å²) in [5, 5.41) is 7.64. The summed E-state index contributed by atoms with van der Waals surface area (Å²) in [6.07, 6.45) is 3.96. The van der Waals surface area contributed by atoms with Gasteiger partial charge in [-0.3, -0.25) is 14.4 Å². The number of aromatic nitrogens is 2. The molecule has 0 spiro atoms. The highest BCUT2D eigenvalue weighted by Crippen LogP contribution is 2.38. The Labute approximate surface area is 244 Å². The first-order valence-electron chi connectivity index (χ1n) is 13.9. The molecule has 12 heteroatoms. The Bertz CT molecular complexity index is 1610. The fourth-order valence-electron chi connectivity index (χ4n) is 5.71. The number of nitrogens with zero attached hydrogens (tertiary/aromatic N) is 4. The van der Waals surface area contributed by atoms with E-state index in [0.717, 1.165) is 36.1 Å². The van der Waals surface area contributed by atoms with Crippen molar-refractivity contribution in [2.45, 2.75) is 77.3 Å². The molecule has 2 aromatic heterocycles. The Hall–Kier alpha value is -3.35. The monoisotopic (exact) mass is 597 g/mol. The van der Waals surface area contributed by atoms with Crippen molar-refractivity contribution in [1.29, 1.82) is 0 Å². The number of thiophene rings is 1. The van der Waals surface area contributed by atoms with Gasteiger partial charge in [-0.25, -0.2) is 13.1 Å². The Morgan fingerprint density at radius 1 is 1.10 bits per heavy atom. The van der Waals surface area contributed by atoms with E-state index < -0.39 is 15.9 Å². The minimum atomic E-state index is -3.67. The number of anilines is 1.